The SMILES string of the molecule is C/C=C/C=C/C(=O)NCC(C)Oc1ccccc1OC. The van der Waals surface area contributed by atoms with Crippen LogP contribution in [0.2, 0.25) is 0 Å². The molecule has 0 saturated heterocycles. The van der Waals surface area contributed by atoms with Crippen LogP contribution >= 0.6 is 0 Å². The normalized spacial score (nSPS) is 12.6. The summed E-state index contributed by atoms with van der Waals surface area (Å²) in [4.78, 5) is 11.5. The highest BCUT2D eigenvalue weighted by atomic mass is 16.5. The Morgan fingerprint density at radius 1 is 1.30 bits per heavy atom. The van der Waals surface area contributed by atoms with E-state index >= 15 is 0 Å². The van der Waals surface area contributed by atoms with E-state index in [9.17, 15) is 4.79 Å². The summed E-state index contributed by atoms with van der Waals surface area (Å²) in [7, 11) is 1.60. The Bertz CT molecular complexity index is 480. The lowest BCUT2D eigenvalue weighted by Crippen LogP contribution is -2.32. The minimum absolute atomic E-state index is 0.140. The van der Waals surface area contributed by atoms with Crippen molar-refractivity contribution < 1.29 is 14.3 Å². The van der Waals surface area contributed by atoms with E-state index in [4.69, 9.17) is 9.47 Å². The molecule has 0 aliphatic heterocycles. The van der Waals surface area contributed by atoms with E-state index in [0.717, 1.165) is 0 Å². The highest BCUT2D eigenvalue weighted by Crippen LogP contribution is 2.26. The molecule has 0 aliphatic carbocycles. The number of benzene rings is 1. The van der Waals surface area contributed by atoms with Gasteiger partial charge >= 0.3 is 0 Å². The number of hydrogen-bond acceptors (Lipinski definition) is 3. The van der Waals surface area contributed by atoms with Gasteiger partial charge in [0.25, 0.3) is 0 Å². The Kier molecular flexibility index (Phi) is 6.96. The van der Waals surface area contributed by atoms with Crippen LogP contribution in [0.4, 0.5) is 0 Å². The Labute approximate surface area is 120 Å². The highest BCUT2D eigenvalue weighted by molar-refractivity contribution is 5.87. The second kappa shape index (κ2) is 8.80. The fraction of sp³-hybridized carbons (Fsp3) is 0.312. The molecule has 1 amide bonds. The molecule has 0 heterocycles. The van der Waals surface area contributed by atoms with Crippen LogP contribution in [-0.2, 0) is 4.79 Å². The third-order valence-corrected chi connectivity index (χ3v) is 2.51. The van der Waals surface area contributed by atoms with Crippen LogP contribution in [0, 0.1) is 0 Å². The van der Waals surface area contributed by atoms with Crippen molar-refractivity contribution in [2.75, 3.05) is 13.7 Å². The van der Waals surface area contributed by atoms with Gasteiger partial charge in [-0.2, -0.15) is 0 Å². The first kappa shape index (κ1) is 15.8. The largest absolute Gasteiger partial charge is 0.493 e. The summed E-state index contributed by atoms with van der Waals surface area (Å²) in [6.45, 7) is 4.21. The van der Waals surface area contributed by atoms with Crippen molar-refractivity contribution in [2.45, 2.75) is 20.0 Å². The zero-order valence-electron chi connectivity index (χ0n) is 12.1. The van der Waals surface area contributed by atoms with Gasteiger partial charge in [0.1, 0.15) is 6.10 Å². The average Bonchev–Trinajstić information content (AvgIpc) is 2.46. The first-order valence-corrected chi connectivity index (χ1v) is 6.54. The second-order valence-corrected chi connectivity index (χ2v) is 4.21. The monoisotopic (exact) mass is 275 g/mol. The molecular formula is C16H21NO3. The van der Waals surface area contributed by atoms with Crippen molar-refractivity contribution in [3.63, 3.8) is 0 Å². The number of rotatable bonds is 7. The maximum Gasteiger partial charge on any atom is 0.244 e. The topological polar surface area (TPSA) is 47.6 Å². The third-order valence-electron chi connectivity index (χ3n) is 2.51. The summed E-state index contributed by atoms with van der Waals surface area (Å²) >= 11 is 0. The van der Waals surface area contributed by atoms with Gasteiger partial charge in [0.2, 0.25) is 5.91 Å². The summed E-state index contributed by atoms with van der Waals surface area (Å²) in [6.07, 6.45) is 6.69. The van der Waals surface area contributed by atoms with Crippen molar-refractivity contribution in [1.29, 1.82) is 0 Å². The van der Waals surface area contributed by atoms with Crippen molar-refractivity contribution >= 4 is 5.91 Å². The zero-order chi connectivity index (χ0) is 14.8. The van der Waals surface area contributed by atoms with E-state index in [1.54, 1.807) is 19.3 Å². The number of hydrogen-bond donors (Lipinski definition) is 1. The number of carbonyl (C=O) groups is 1. The molecule has 0 radical (unpaired) electrons. The number of para-hydroxylation sites is 2. The Morgan fingerprint density at radius 3 is 2.65 bits per heavy atom. The summed E-state index contributed by atoms with van der Waals surface area (Å²) in [5.41, 5.74) is 0. The molecule has 4 heteroatoms. The minimum atomic E-state index is -0.148. The van der Waals surface area contributed by atoms with Crippen molar-refractivity contribution in [1.82, 2.24) is 5.32 Å². The summed E-state index contributed by atoms with van der Waals surface area (Å²) < 4.78 is 10.9. The van der Waals surface area contributed by atoms with Crippen LogP contribution in [0.3, 0.4) is 0 Å². The zero-order valence-corrected chi connectivity index (χ0v) is 12.1. The fourth-order valence-corrected chi connectivity index (χ4v) is 1.53. The van der Waals surface area contributed by atoms with Crippen molar-refractivity contribution in [2.24, 2.45) is 0 Å². The van der Waals surface area contributed by atoms with Gasteiger partial charge in [0, 0.05) is 6.08 Å². The predicted molar refractivity (Wildman–Crippen MR) is 80.0 cm³/mol. The van der Waals surface area contributed by atoms with E-state index in [1.807, 2.05) is 44.2 Å². The molecule has 20 heavy (non-hydrogen) atoms. The molecule has 0 fully saturated rings. The Balaban J connectivity index is 2.44. The Hall–Kier alpha value is -2.23. The number of nitrogens with one attached hydrogen (secondary N) is 1. The highest BCUT2D eigenvalue weighted by Gasteiger charge is 2.08. The van der Waals surface area contributed by atoms with Gasteiger partial charge in [-0.3, -0.25) is 4.79 Å². The molecule has 1 aromatic rings. The molecule has 108 valence electrons. The van der Waals surface area contributed by atoms with Gasteiger partial charge in [0.15, 0.2) is 11.5 Å². The molecule has 1 N–H and O–H groups in total. The average molecular weight is 275 g/mol. The van der Waals surface area contributed by atoms with Gasteiger partial charge < -0.3 is 14.8 Å². The van der Waals surface area contributed by atoms with Gasteiger partial charge in [0.05, 0.1) is 13.7 Å². The summed E-state index contributed by atoms with van der Waals surface area (Å²) in [5.74, 6) is 1.21. The van der Waals surface area contributed by atoms with Crippen molar-refractivity contribution in [3.05, 3.63) is 48.6 Å². The number of amides is 1. The number of methoxy groups -OCH3 is 1. The van der Waals surface area contributed by atoms with Gasteiger partial charge in [-0.15, -0.1) is 0 Å². The molecule has 0 aromatic heterocycles. The first-order chi connectivity index (χ1) is 9.67. The maximum absolute atomic E-state index is 11.5. The van der Waals surface area contributed by atoms with E-state index in [2.05, 4.69) is 5.32 Å². The number of allylic oxidation sites excluding steroid dienone is 3. The van der Waals surface area contributed by atoms with Crippen molar-refractivity contribution in [3.8, 4) is 11.5 Å². The molecule has 0 spiro atoms. The van der Waals surface area contributed by atoms with E-state index < -0.39 is 0 Å². The molecule has 1 rings (SSSR count). The van der Waals surface area contributed by atoms with Gasteiger partial charge in [-0.25, -0.2) is 0 Å². The fourth-order valence-electron chi connectivity index (χ4n) is 1.53. The van der Waals surface area contributed by atoms with Gasteiger partial charge in [-0.1, -0.05) is 30.4 Å². The van der Waals surface area contributed by atoms with Crippen LogP contribution < -0.4 is 14.8 Å². The summed E-state index contributed by atoms with van der Waals surface area (Å²) in [5, 5.41) is 2.77. The molecule has 0 aliphatic rings. The predicted octanol–water partition coefficient (Wildman–Crippen LogP) is 2.71. The standard InChI is InChI=1S/C16H21NO3/c1-4-5-6-11-16(18)17-12-13(2)20-15-10-8-7-9-14(15)19-3/h4-11,13H,12H2,1-3H3,(H,17,18)/b5-4+,11-6+. The van der Waals surface area contributed by atoms with E-state index in [-0.39, 0.29) is 12.0 Å². The lowest BCUT2D eigenvalue weighted by atomic mass is 10.3. The third kappa shape index (κ3) is 5.61. The molecule has 4 nitrogen and oxygen atoms in total. The molecule has 0 bridgehead atoms. The van der Waals surface area contributed by atoms with E-state index in [0.29, 0.717) is 18.0 Å². The Morgan fingerprint density at radius 2 is 2.00 bits per heavy atom. The van der Waals surface area contributed by atoms with Gasteiger partial charge in [-0.05, 0) is 26.0 Å². The quantitative estimate of drug-likeness (QED) is 0.615. The molecule has 1 aromatic carbocycles. The molecule has 1 unspecified atom stereocenters. The van der Waals surface area contributed by atoms with E-state index in [1.165, 1.54) is 6.08 Å². The number of ether oxygens (including phenoxy) is 2. The number of carbonyl (C=O) groups excluding carboxylic acids is 1. The van der Waals surface area contributed by atoms with Crippen LogP contribution in [0.15, 0.2) is 48.6 Å². The lowest BCUT2D eigenvalue weighted by Gasteiger charge is -2.16. The van der Waals surface area contributed by atoms with Crippen LogP contribution in [0.25, 0.3) is 0 Å². The summed E-state index contributed by atoms with van der Waals surface area (Å²) in [6, 6.07) is 7.43. The smallest absolute Gasteiger partial charge is 0.244 e. The molecule has 1 atom stereocenters. The minimum Gasteiger partial charge on any atom is -0.493 e. The molecule has 0 saturated carbocycles. The van der Waals surface area contributed by atoms with Crippen LogP contribution in [0.1, 0.15) is 13.8 Å². The first-order valence-electron chi connectivity index (χ1n) is 6.54. The maximum atomic E-state index is 11.5. The van der Waals surface area contributed by atoms with Crippen LogP contribution in [-0.4, -0.2) is 25.7 Å². The molecular weight excluding hydrogens is 254 g/mol. The second-order valence-electron chi connectivity index (χ2n) is 4.21. The lowest BCUT2D eigenvalue weighted by molar-refractivity contribution is -0.116. The van der Waals surface area contributed by atoms with Crippen LogP contribution in [0.5, 0.6) is 11.5 Å².